The second-order valence-electron chi connectivity index (χ2n) is 3.21. The summed E-state index contributed by atoms with van der Waals surface area (Å²) >= 11 is 3.34. The van der Waals surface area contributed by atoms with Gasteiger partial charge >= 0.3 is 0 Å². The number of benzene rings is 1. The molecule has 0 radical (unpaired) electrons. The lowest BCUT2D eigenvalue weighted by Crippen LogP contribution is -1.97. The van der Waals surface area contributed by atoms with E-state index in [2.05, 4.69) is 15.9 Å². The van der Waals surface area contributed by atoms with Gasteiger partial charge in [-0.1, -0.05) is 0 Å². The van der Waals surface area contributed by atoms with Crippen LogP contribution < -0.4 is 9.47 Å². The van der Waals surface area contributed by atoms with Gasteiger partial charge in [0.2, 0.25) is 0 Å². The lowest BCUT2D eigenvalue weighted by atomic mass is 10.2. The summed E-state index contributed by atoms with van der Waals surface area (Å²) in [5.74, 6) is 1.56. The van der Waals surface area contributed by atoms with Crippen LogP contribution in [0.3, 0.4) is 0 Å². The van der Waals surface area contributed by atoms with Crippen molar-refractivity contribution in [3.63, 3.8) is 0 Å². The molecular formula is C10H11BrO3. The Morgan fingerprint density at radius 1 is 1.29 bits per heavy atom. The van der Waals surface area contributed by atoms with Gasteiger partial charge in [-0.2, -0.15) is 0 Å². The molecule has 4 heteroatoms. The molecule has 0 fully saturated rings. The Hall–Kier alpha value is -0.900. The van der Waals surface area contributed by atoms with Crippen molar-refractivity contribution in [2.45, 2.75) is 13.3 Å². The molecule has 1 heterocycles. The van der Waals surface area contributed by atoms with Crippen molar-refractivity contribution in [3.8, 4) is 17.2 Å². The molecule has 3 nitrogen and oxygen atoms in total. The van der Waals surface area contributed by atoms with Crippen LogP contribution in [0.2, 0.25) is 0 Å². The van der Waals surface area contributed by atoms with Gasteiger partial charge in [-0.15, -0.1) is 0 Å². The Morgan fingerprint density at radius 2 is 1.93 bits per heavy atom. The summed E-state index contributed by atoms with van der Waals surface area (Å²) in [6, 6.07) is 1.63. The normalized spacial score (nSPS) is 15.0. The molecule has 0 atom stereocenters. The molecule has 1 aromatic rings. The minimum atomic E-state index is 0.223. The predicted octanol–water partition coefficient (Wildman–Crippen LogP) is 2.62. The molecule has 76 valence electrons. The predicted molar refractivity (Wildman–Crippen MR) is 56.2 cm³/mol. The fourth-order valence-electron chi connectivity index (χ4n) is 1.40. The van der Waals surface area contributed by atoms with Crippen molar-refractivity contribution in [2.24, 2.45) is 0 Å². The number of rotatable bonds is 0. The smallest absolute Gasteiger partial charge is 0.175 e. The highest BCUT2D eigenvalue weighted by Gasteiger charge is 2.18. The summed E-state index contributed by atoms with van der Waals surface area (Å²) in [5, 5.41) is 9.58. The summed E-state index contributed by atoms with van der Waals surface area (Å²) in [7, 11) is 0. The summed E-state index contributed by atoms with van der Waals surface area (Å²) in [5.41, 5.74) is 0.727. The van der Waals surface area contributed by atoms with E-state index in [1.165, 1.54) is 0 Å². The van der Waals surface area contributed by atoms with Crippen LogP contribution in [0.4, 0.5) is 0 Å². The van der Waals surface area contributed by atoms with Gasteiger partial charge in [-0.05, 0) is 28.9 Å². The van der Waals surface area contributed by atoms with Crippen molar-refractivity contribution in [2.75, 3.05) is 13.2 Å². The standard InChI is InChI=1S/C10H11BrO3/c1-6-8(12)5-7(11)10-9(6)13-3-2-4-14-10/h5,12H,2-4H2,1H3. The second-order valence-corrected chi connectivity index (χ2v) is 4.07. The van der Waals surface area contributed by atoms with Gasteiger partial charge < -0.3 is 14.6 Å². The first-order valence-electron chi connectivity index (χ1n) is 4.48. The Labute approximate surface area is 90.8 Å². The molecule has 0 saturated carbocycles. The number of ether oxygens (including phenoxy) is 2. The van der Waals surface area contributed by atoms with Crippen LogP contribution in [-0.2, 0) is 0 Å². The Bertz CT molecular complexity index is 363. The van der Waals surface area contributed by atoms with E-state index < -0.39 is 0 Å². The third-order valence-electron chi connectivity index (χ3n) is 2.19. The maximum atomic E-state index is 9.58. The number of halogens is 1. The molecule has 0 saturated heterocycles. The summed E-state index contributed by atoms with van der Waals surface area (Å²) in [4.78, 5) is 0. The van der Waals surface area contributed by atoms with E-state index in [9.17, 15) is 5.11 Å². The topological polar surface area (TPSA) is 38.7 Å². The van der Waals surface area contributed by atoms with Crippen molar-refractivity contribution in [1.29, 1.82) is 0 Å². The third kappa shape index (κ3) is 1.54. The number of phenols is 1. The SMILES string of the molecule is Cc1c(O)cc(Br)c2c1OCCCO2. The first-order chi connectivity index (χ1) is 6.70. The molecule has 14 heavy (non-hydrogen) atoms. The van der Waals surface area contributed by atoms with Gasteiger partial charge in [0.15, 0.2) is 11.5 Å². The van der Waals surface area contributed by atoms with E-state index in [1.807, 2.05) is 6.92 Å². The van der Waals surface area contributed by atoms with Crippen LogP contribution in [0.15, 0.2) is 10.5 Å². The van der Waals surface area contributed by atoms with Crippen molar-refractivity contribution in [1.82, 2.24) is 0 Å². The van der Waals surface area contributed by atoms with Gasteiger partial charge in [-0.25, -0.2) is 0 Å². The number of hydrogen-bond donors (Lipinski definition) is 1. The van der Waals surface area contributed by atoms with Gasteiger partial charge in [0.05, 0.1) is 17.7 Å². The van der Waals surface area contributed by atoms with Crippen molar-refractivity contribution in [3.05, 3.63) is 16.1 Å². The lowest BCUT2D eigenvalue weighted by Gasteiger charge is -2.12. The monoisotopic (exact) mass is 258 g/mol. The number of hydrogen-bond acceptors (Lipinski definition) is 3. The maximum absolute atomic E-state index is 9.58. The van der Waals surface area contributed by atoms with Gasteiger partial charge in [0.25, 0.3) is 0 Å². The molecule has 0 aromatic heterocycles. The average Bonchev–Trinajstić information content (AvgIpc) is 2.39. The Morgan fingerprint density at radius 3 is 2.64 bits per heavy atom. The first kappa shape index (κ1) is 9.65. The fraction of sp³-hybridized carbons (Fsp3) is 0.400. The van der Waals surface area contributed by atoms with Gasteiger partial charge in [0.1, 0.15) is 5.75 Å². The number of phenolic OH excluding ortho intramolecular Hbond substituents is 1. The van der Waals surface area contributed by atoms with E-state index in [0.717, 1.165) is 16.5 Å². The van der Waals surface area contributed by atoms with Gasteiger partial charge in [0, 0.05) is 12.0 Å². The zero-order valence-electron chi connectivity index (χ0n) is 7.84. The molecular weight excluding hydrogens is 248 g/mol. The minimum Gasteiger partial charge on any atom is -0.507 e. The Balaban J connectivity index is 2.57. The van der Waals surface area contributed by atoms with Gasteiger partial charge in [-0.3, -0.25) is 0 Å². The maximum Gasteiger partial charge on any atom is 0.175 e. The van der Waals surface area contributed by atoms with Crippen LogP contribution >= 0.6 is 15.9 Å². The van der Waals surface area contributed by atoms with E-state index in [-0.39, 0.29) is 5.75 Å². The molecule has 0 unspecified atom stereocenters. The highest BCUT2D eigenvalue weighted by Crippen LogP contribution is 2.43. The van der Waals surface area contributed by atoms with Crippen LogP contribution in [0.1, 0.15) is 12.0 Å². The van der Waals surface area contributed by atoms with E-state index in [1.54, 1.807) is 6.07 Å². The summed E-state index contributed by atoms with van der Waals surface area (Å²) < 4.78 is 11.8. The Kier molecular flexibility index (Phi) is 2.54. The third-order valence-corrected chi connectivity index (χ3v) is 2.78. The fourth-order valence-corrected chi connectivity index (χ4v) is 1.92. The van der Waals surface area contributed by atoms with E-state index in [4.69, 9.17) is 9.47 Å². The van der Waals surface area contributed by atoms with Crippen LogP contribution in [0, 0.1) is 6.92 Å². The highest BCUT2D eigenvalue weighted by molar-refractivity contribution is 9.10. The van der Waals surface area contributed by atoms with Crippen molar-refractivity contribution >= 4 is 15.9 Å². The minimum absolute atomic E-state index is 0.223. The van der Waals surface area contributed by atoms with Crippen LogP contribution in [0.5, 0.6) is 17.2 Å². The van der Waals surface area contributed by atoms with E-state index >= 15 is 0 Å². The molecule has 2 rings (SSSR count). The molecule has 1 aliphatic rings. The summed E-state index contributed by atoms with van der Waals surface area (Å²) in [6.07, 6.45) is 0.862. The van der Waals surface area contributed by atoms with E-state index in [0.29, 0.717) is 24.7 Å². The largest absolute Gasteiger partial charge is 0.507 e. The molecule has 1 aromatic carbocycles. The molecule has 1 N–H and O–H groups in total. The number of aromatic hydroxyl groups is 1. The zero-order valence-corrected chi connectivity index (χ0v) is 9.43. The molecule has 0 amide bonds. The van der Waals surface area contributed by atoms with Crippen LogP contribution in [-0.4, -0.2) is 18.3 Å². The lowest BCUT2D eigenvalue weighted by molar-refractivity contribution is 0.295. The quantitative estimate of drug-likeness (QED) is 0.778. The van der Waals surface area contributed by atoms with Crippen LogP contribution in [0.25, 0.3) is 0 Å². The molecule has 0 aliphatic carbocycles. The first-order valence-corrected chi connectivity index (χ1v) is 5.27. The average molecular weight is 259 g/mol. The highest BCUT2D eigenvalue weighted by atomic mass is 79.9. The molecule has 0 bridgehead atoms. The van der Waals surface area contributed by atoms with Crippen molar-refractivity contribution < 1.29 is 14.6 Å². The molecule has 0 spiro atoms. The number of fused-ring (bicyclic) bond motifs is 1. The zero-order chi connectivity index (χ0) is 10.1. The summed E-state index contributed by atoms with van der Waals surface area (Å²) in [6.45, 7) is 3.09. The second kappa shape index (κ2) is 3.69. The molecule has 1 aliphatic heterocycles.